The standard InChI is InChI=1S/C12H16BrN3O2S/c1-4-14-12(19)16-15-7-8-5-10(17-2)11(18-3)6-9(8)13/h5-7H,4H2,1-3H3,(H2,14,16,19). The fraction of sp³-hybridized carbons (Fsp3) is 0.333. The lowest BCUT2D eigenvalue weighted by molar-refractivity contribution is 0.354. The van der Waals surface area contributed by atoms with Crippen molar-refractivity contribution >= 4 is 39.5 Å². The number of methoxy groups -OCH3 is 2. The van der Waals surface area contributed by atoms with E-state index in [1.165, 1.54) is 0 Å². The molecule has 1 rings (SSSR count). The van der Waals surface area contributed by atoms with E-state index in [4.69, 9.17) is 21.7 Å². The van der Waals surface area contributed by atoms with Crippen LogP contribution < -0.4 is 20.2 Å². The number of hydrazone groups is 1. The summed E-state index contributed by atoms with van der Waals surface area (Å²) in [5.74, 6) is 1.30. The summed E-state index contributed by atoms with van der Waals surface area (Å²) in [7, 11) is 3.18. The van der Waals surface area contributed by atoms with Gasteiger partial charge in [-0.25, -0.2) is 0 Å². The van der Waals surface area contributed by atoms with Crippen LogP contribution in [0.25, 0.3) is 0 Å². The Bertz CT molecular complexity index is 480. The third-order valence-electron chi connectivity index (χ3n) is 2.21. The summed E-state index contributed by atoms with van der Waals surface area (Å²) in [5.41, 5.74) is 3.57. The Balaban J connectivity index is 2.83. The molecule has 0 fully saturated rings. The molecule has 19 heavy (non-hydrogen) atoms. The van der Waals surface area contributed by atoms with Crippen LogP contribution in [0.1, 0.15) is 12.5 Å². The van der Waals surface area contributed by atoms with E-state index in [1.54, 1.807) is 20.4 Å². The zero-order valence-corrected chi connectivity index (χ0v) is 13.4. The first kappa shape index (κ1) is 15.7. The smallest absolute Gasteiger partial charge is 0.186 e. The highest BCUT2D eigenvalue weighted by Gasteiger charge is 2.08. The minimum atomic E-state index is 0.482. The Morgan fingerprint density at radius 3 is 2.58 bits per heavy atom. The summed E-state index contributed by atoms with van der Waals surface area (Å²) in [5, 5.41) is 7.47. The average molecular weight is 346 g/mol. The fourth-order valence-corrected chi connectivity index (χ4v) is 1.95. The van der Waals surface area contributed by atoms with Crippen molar-refractivity contribution in [1.82, 2.24) is 10.7 Å². The number of nitrogens with zero attached hydrogens (tertiary/aromatic N) is 1. The van der Waals surface area contributed by atoms with Gasteiger partial charge in [-0.15, -0.1) is 0 Å². The van der Waals surface area contributed by atoms with Crippen molar-refractivity contribution in [3.8, 4) is 11.5 Å². The van der Waals surface area contributed by atoms with Gasteiger partial charge < -0.3 is 14.8 Å². The zero-order valence-electron chi connectivity index (χ0n) is 11.0. The van der Waals surface area contributed by atoms with Crippen LogP contribution in [0, 0.1) is 0 Å². The second-order valence-corrected chi connectivity index (χ2v) is 4.72. The molecule has 0 heterocycles. The molecule has 7 heteroatoms. The van der Waals surface area contributed by atoms with Crippen molar-refractivity contribution in [3.05, 3.63) is 22.2 Å². The van der Waals surface area contributed by atoms with Gasteiger partial charge in [0.1, 0.15) is 0 Å². The van der Waals surface area contributed by atoms with Crippen LogP contribution in [0.5, 0.6) is 11.5 Å². The molecule has 0 aliphatic carbocycles. The van der Waals surface area contributed by atoms with E-state index in [0.717, 1.165) is 16.6 Å². The first-order valence-corrected chi connectivity index (χ1v) is 6.80. The third kappa shape index (κ3) is 4.68. The number of benzene rings is 1. The van der Waals surface area contributed by atoms with E-state index in [-0.39, 0.29) is 0 Å². The lowest BCUT2D eigenvalue weighted by atomic mass is 10.2. The van der Waals surface area contributed by atoms with E-state index >= 15 is 0 Å². The van der Waals surface area contributed by atoms with E-state index in [1.807, 2.05) is 19.1 Å². The lowest BCUT2D eigenvalue weighted by Gasteiger charge is -2.09. The molecular weight excluding hydrogens is 330 g/mol. The highest BCUT2D eigenvalue weighted by Crippen LogP contribution is 2.32. The van der Waals surface area contributed by atoms with Crippen LogP contribution in [-0.4, -0.2) is 32.1 Å². The Labute approximate surface area is 126 Å². The second kappa shape index (κ2) is 7.96. The SMILES string of the molecule is CCNC(=S)NN=Cc1cc(OC)c(OC)cc1Br. The van der Waals surface area contributed by atoms with E-state index in [9.17, 15) is 0 Å². The summed E-state index contributed by atoms with van der Waals surface area (Å²) < 4.78 is 11.3. The molecule has 0 spiro atoms. The summed E-state index contributed by atoms with van der Waals surface area (Å²) in [6.45, 7) is 2.71. The van der Waals surface area contributed by atoms with Crippen molar-refractivity contribution in [3.63, 3.8) is 0 Å². The van der Waals surface area contributed by atoms with Crippen molar-refractivity contribution in [2.24, 2.45) is 5.10 Å². The van der Waals surface area contributed by atoms with Crippen molar-refractivity contribution in [2.45, 2.75) is 6.92 Å². The first-order valence-electron chi connectivity index (χ1n) is 5.60. The largest absolute Gasteiger partial charge is 0.493 e. The molecule has 104 valence electrons. The van der Waals surface area contributed by atoms with Gasteiger partial charge in [-0.3, -0.25) is 5.43 Å². The van der Waals surface area contributed by atoms with Crippen LogP contribution in [0.4, 0.5) is 0 Å². The summed E-state index contributed by atoms with van der Waals surface area (Å²) >= 11 is 8.44. The molecule has 0 amide bonds. The van der Waals surface area contributed by atoms with Gasteiger partial charge in [0.05, 0.1) is 20.4 Å². The molecule has 0 unspecified atom stereocenters. The molecule has 2 N–H and O–H groups in total. The quantitative estimate of drug-likeness (QED) is 0.487. The number of hydrogen-bond donors (Lipinski definition) is 2. The molecule has 0 aromatic heterocycles. The summed E-state index contributed by atoms with van der Waals surface area (Å²) in [4.78, 5) is 0. The molecule has 0 saturated carbocycles. The molecule has 1 aromatic rings. The van der Waals surface area contributed by atoms with Crippen molar-refractivity contribution in [2.75, 3.05) is 20.8 Å². The van der Waals surface area contributed by atoms with Gasteiger partial charge in [0.2, 0.25) is 0 Å². The maximum atomic E-state index is 5.23. The van der Waals surface area contributed by atoms with Gasteiger partial charge in [-0.2, -0.15) is 5.10 Å². The van der Waals surface area contributed by atoms with Crippen molar-refractivity contribution in [1.29, 1.82) is 0 Å². The third-order valence-corrected chi connectivity index (χ3v) is 3.13. The predicted molar refractivity (Wildman–Crippen MR) is 84.3 cm³/mol. The minimum Gasteiger partial charge on any atom is -0.493 e. The number of thiocarbonyl (C=S) groups is 1. The number of nitrogens with one attached hydrogen (secondary N) is 2. The monoisotopic (exact) mass is 345 g/mol. The molecule has 0 bridgehead atoms. The maximum absolute atomic E-state index is 5.23. The molecular formula is C12H16BrN3O2S. The fourth-order valence-electron chi connectivity index (χ4n) is 1.33. The molecule has 5 nitrogen and oxygen atoms in total. The number of rotatable bonds is 5. The van der Waals surface area contributed by atoms with Gasteiger partial charge in [0, 0.05) is 16.6 Å². The van der Waals surface area contributed by atoms with Crippen LogP contribution in [0.15, 0.2) is 21.7 Å². The molecule has 0 saturated heterocycles. The van der Waals surface area contributed by atoms with Gasteiger partial charge in [0.25, 0.3) is 0 Å². The molecule has 1 aromatic carbocycles. The lowest BCUT2D eigenvalue weighted by Crippen LogP contribution is -2.31. The van der Waals surface area contributed by atoms with Gasteiger partial charge in [-0.05, 0) is 47.2 Å². The Hall–Kier alpha value is -1.34. The maximum Gasteiger partial charge on any atom is 0.186 e. The minimum absolute atomic E-state index is 0.482. The zero-order chi connectivity index (χ0) is 14.3. The molecule has 0 atom stereocenters. The van der Waals surface area contributed by atoms with E-state index in [2.05, 4.69) is 31.8 Å². The van der Waals surface area contributed by atoms with Gasteiger partial charge >= 0.3 is 0 Å². The Kier molecular flexibility index (Phi) is 6.58. The van der Waals surface area contributed by atoms with Crippen molar-refractivity contribution < 1.29 is 9.47 Å². The van der Waals surface area contributed by atoms with Crippen LogP contribution in [-0.2, 0) is 0 Å². The average Bonchev–Trinajstić information content (AvgIpc) is 2.40. The van der Waals surface area contributed by atoms with E-state index in [0.29, 0.717) is 16.6 Å². The van der Waals surface area contributed by atoms with Crippen LogP contribution in [0.2, 0.25) is 0 Å². The Morgan fingerprint density at radius 2 is 2.00 bits per heavy atom. The first-order chi connectivity index (χ1) is 9.12. The topological polar surface area (TPSA) is 54.9 Å². The van der Waals surface area contributed by atoms with E-state index < -0.39 is 0 Å². The number of hydrogen-bond acceptors (Lipinski definition) is 4. The molecule has 0 aliphatic rings. The highest BCUT2D eigenvalue weighted by atomic mass is 79.9. The predicted octanol–water partition coefficient (Wildman–Crippen LogP) is 2.28. The number of halogens is 1. The second-order valence-electron chi connectivity index (χ2n) is 3.46. The van der Waals surface area contributed by atoms with Crippen LogP contribution >= 0.6 is 28.1 Å². The van der Waals surface area contributed by atoms with Gasteiger partial charge in [0.15, 0.2) is 16.6 Å². The Morgan fingerprint density at radius 1 is 1.37 bits per heavy atom. The summed E-state index contributed by atoms with van der Waals surface area (Å²) in [6, 6.07) is 3.65. The highest BCUT2D eigenvalue weighted by molar-refractivity contribution is 9.10. The van der Waals surface area contributed by atoms with Gasteiger partial charge in [-0.1, -0.05) is 0 Å². The summed E-state index contributed by atoms with van der Waals surface area (Å²) in [6.07, 6.45) is 1.65. The normalized spacial score (nSPS) is 10.3. The molecule has 0 radical (unpaired) electrons. The molecule has 0 aliphatic heterocycles. The number of ether oxygens (including phenoxy) is 2. The van der Waals surface area contributed by atoms with Crippen LogP contribution in [0.3, 0.4) is 0 Å².